The summed E-state index contributed by atoms with van der Waals surface area (Å²) in [6, 6.07) is 2.51. The lowest BCUT2D eigenvalue weighted by molar-refractivity contribution is -0.120. The summed E-state index contributed by atoms with van der Waals surface area (Å²) >= 11 is 1.31. The molecule has 7 heteroatoms. The van der Waals surface area contributed by atoms with Gasteiger partial charge in [-0.3, -0.25) is 9.52 Å². The largest absolute Gasteiger partial charge is 0.315 e. The predicted octanol–water partition coefficient (Wildman–Crippen LogP) is 0.214. The van der Waals surface area contributed by atoms with Gasteiger partial charge in [-0.2, -0.15) is 0 Å². The topological polar surface area (TPSA) is 89.3 Å². The molecule has 15 heavy (non-hydrogen) atoms. The van der Waals surface area contributed by atoms with Crippen LogP contribution in [0.3, 0.4) is 0 Å². The van der Waals surface area contributed by atoms with Crippen LogP contribution >= 0.6 is 11.3 Å². The van der Waals surface area contributed by atoms with Crippen molar-refractivity contribution >= 4 is 27.3 Å². The zero-order chi connectivity index (χ0) is 11.5. The molecule has 0 radical (unpaired) electrons. The van der Waals surface area contributed by atoms with Crippen molar-refractivity contribution in [1.29, 1.82) is 0 Å². The molecule has 3 N–H and O–H groups in total. The molecule has 1 amide bonds. The molecule has 84 valence electrons. The van der Waals surface area contributed by atoms with E-state index < -0.39 is 22.0 Å². The van der Waals surface area contributed by atoms with Crippen molar-refractivity contribution in [2.45, 2.75) is 13.0 Å². The van der Waals surface area contributed by atoms with Gasteiger partial charge in [0.2, 0.25) is 10.0 Å². The SMILES string of the molecule is CCS(=O)(=O)NC(=O)C(N)c1cccs1. The molecule has 0 aliphatic heterocycles. The van der Waals surface area contributed by atoms with Crippen LogP contribution in [0.2, 0.25) is 0 Å². The Morgan fingerprint density at radius 3 is 2.80 bits per heavy atom. The van der Waals surface area contributed by atoms with E-state index in [4.69, 9.17) is 5.73 Å². The van der Waals surface area contributed by atoms with Gasteiger partial charge in [0.05, 0.1) is 5.75 Å². The van der Waals surface area contributed by atoms with Crippen LogP contribution < -0.4 is 10.5 Å². The number of thiophene rings is 1. The van der Waals surface area contributed by atoms with Gasteiger partial charge in [-0.05, 0) is 18.4 Å². The van der Waals surface area contributed by atoms with Gasteiger partial charge >= 0.3 is 0 Å². The summed E-state index contributed by atoms with van der Waals surface area (Å²) in [5.41, 5.74) is 5.58. The molecule has 1 atom stereocenters. The molecule has 0 fully saturated rings. The second-order valence-corrected chi connectivity index (χ2v) is 5.85. The molecule has 0 aliphatic carbocycles. The number of carbonyl (C=O) groups excluding carboxylic acids is 1. The third-order valence-corrected chi connectivity index (χ3v) is 4.00. The van der Waals surface area contributed by atoms with Crippen molar-refractivity contribution in [1.82, 2.24) is 4.72 Å². The minimum Gasteiger partial charge on any atom is -0.315 e. The smallest absolute Gasteiger partial charge is 0.255 e. The zero-order valence-electron chi connectivity index (χ0n) is 8.14. The quantitative estimate of drug-likeness (QED) is 0.797. The predicted molar refractivity (Wildman–Crippen MR) is 58.9 cm³/mol. The Kier molecular flexibility index (Phi) is 3.83. The van der Waals surface area contributed by atoms with Gasteiger partial charge < -0.3 is 5.73 Å². The lowest BCUT2D eigenvalue weighted by Crippen LogP contribution is -2.38. The fourth-order valence-corrected chi connectivity index (χ4v) is 2.19. The molecule has 0 aromatic carbocycles. The van der Waals surface area contributed by atoms with E-state index in [1.165, 1.54) is 18.3 Å². The van der Waals surface area contributed by atoms with Gasteiger partial charge in [0.1, 0.15) is 6.04 Å². The van der Waals surface area contributed by atoms with Crippen molar-refractivity contribution in [3.8, 4) is 0 Å². The zero-order valence-corrected chi connectivity index (χ0v) is 9.77. The van der Waals surface area contributed by atoms with E-state index in [0.29, 0.717) is 4.88 Å². The van der Waals surface area contributed by atoms with Crippen molar-refractivity contribution in [2.24, 2.45) is 5.73 Å². The van der Waals surface area contributed by atoms with Crippen LogP contribution in [0, 0.1) is 0 Å². The summed E-state index contributed by atoms with van der Waals surface area (Å²) in [7, 11) is -3.53. The van der Waals surface area contributed by atoms with Crippen molar-refractivity contribution in [3.63, 3.8) is 0 Å². The first-order valence-electron chi connectivity index (χ1n) is 4.29. The van der Waals surface area contributed by atoms with Gasteiger partial charge in [-0.25, -0.2) is 8.42 Å². The van der Waals surface area contributed by atoms with E-state index in [1.807, 2.05) is 4.72 Å². The number of hydrogen-bond donors (Lipinski definition) is 2. The molecule has 0 saturated heterocycles. The molecular weight excluding hydrogens is 236 g/mol. The minimum absolute atomic E-state index is 0.143. The number of sulfonamides is 1. The Labute approximate surface area is 92.3 Å². The van der Waals surface area contributed by atoms with E-state index in [0.717, 1.165) is 0 Å². The Morgan fingerprint density at radius 1 is 1.67 bits per heavy atom. The van der Waals surface area contributed by atoms with Crippen LogP contribution in [0.15, 0.2) is 17.5 Å². The molecule has 0 spiro atoms. The fraction of sp³-hybridized carbons (Fsp3) is 0.375. The van der Waals surface area contributed by atoms with Gasteiger partial charge in [0.25, 0.3) is 5.91 Å². The van der Waals surface area contributed by atoms with Crippen molar-refractivity contribution in [2.75, 3.05) is 5.75 Å². The van der Waals surface area contributed by atoms with Crippen molar-refractivity contribution in [3.05, 3.63) is 22.4 Å². The minimum atomic E-state index is -3.53. The molecule has 1 unspecified atom stereocenters. The van der Waals surface area contributed by atoms with Crippen LogP contribution in [0.25, 0.3) is 0 Å². The maximum Gasteiger partial charge on any atom is 0.255 e. The van der Waals surface area contributed by atoms with Gasteiger partial charge in [0, 0.05) is 4.88 Å². The standard InChI is InChI=1S/C8H12N2O3S2/c1-2-15(12,13)10-8(11)7(9)6-4-3-5-14-6/h3-5,7H,2,9H2,1H3,(H,10,11). The number of amides is 1. The van der Waals surface area contributed by atoms with Crippen LogP contribution in [0.4, 0.5) is 0 Å². The molecule has 1 rings (SSSR count). The highest BCUT2D eigenvalue weighted by molar-refractivity contribution is 7.90. The van der Waals surface area contributed by atoms with E-state index in [2.05, 4.69) is 0 Å². The summed E-state index contributed by atoms with van der Waals surface area (Å²) in [5.74, 6) is -0.838. The maximum absolute atomic E-state index is 11.4. The number of rotatable bonds is 4. The molecule has 0 saturated carbocycles. The van der Waals surface area contributed by atoms with E-state index in [9.17, 15) is 13.2 Å². The number of nitrogens with one attached hydrogen (secondary N) is 1. The number of hydrogen-bond acceptors (Lipinski definition) is 5. The molecule has 5 nitrogen and oxygen atoms in total. The normalized spacial score (nSPS) is 13.5. The van der Waals surface area contributed by atoms with Gasteiger partial charge in [0.15, 0.2) is 0 Å². The van der Waals surface area contributed by atoms with E-state index in [1.54, 1.807) is 17.5 Å². The van der Waals surface area contributed by atoms with E-state index in [-0.39, 0.29) is 5.75 Å². The molecule has 1 aromatic heterocycles. The highest BCUT2D eigenvalue weighted by Gasteiger charge is 2.20. The molecule has 1 heterocycles. The number of nitrogens with two attached hydrogens (primary N) is 1. The summed E-state index contributed by atoms with van der Waals surface area (Å²) in [4.78, 5) is 12.0. The lowest BCUT2D eigenvalue weighted by atomic mass is 10.2. The molecule has 1 aromatic rings. The first-order chi connectivity index (χ1) is 6.96. The highest BCUT2D eigenvalue weighted by Crippen LogP contribution is 2.16. The van der Waals surface area contributed by atoms with Crippen LogP contribution in [-0.4, -0.2) is 20.1 Å². The second kappa shape index (κ2) is 4.73. The number of carbonyl (C=O) groups is 1. The Morgan fingerprint density at radius 2 is 2.33 bits per heavy atom. The first-order valence-corrected chi connectivity index (χ1v) is 6.83. The van der Waals surface area contributed by atoms with Crippen molar-refractivity contribution < 1.29 is 13.2 Å². The Bertz CT molecular complexity index is 425. The summed E-state index contributed by atoms with van der Waals surface area (Å²) in [6.07, 6.45) is 0. The average Bonchev–Trinajstić information content (AvgIpc) is 2.68. The third kappa shape index (κ3) is 3.29. The van der Waals surface area contributed by atoms with Crippen LogP contribution in [0.1, 0.15) is 17.8 Å². The lowest BCUT2D eigenvalue weighted by Gasteiger charge is -2.09. The summed E-state index contributed by atoms with van der Waals surface area (Å²) in [6.45, 7) is 1.45. The van der Waals surface area contributed by atoms with Crippen LogP contribution in [0.5, 0.6) is 0 Å². The molecule has 0 bridgehead atoms. The van der Waals surface area contributed by atoms with Gasteiger partial charge in [-0.1, -0.05) is 6.07 Å². The van der Waals surface area contributed by atoms with Gasteiger partial charge in [-0.15, -0.1) is 11.3 Å². The summed E-state index contributed by atoms with van der Waals surface area (Å²) < 4.78 is 24.1. The van der Waals surface area contributed by atoms with Crippen LogP contribution in [-0.2, 0) is 14.8 Å². The highest BCUT2D eigenvalue weighted by atomic mass is 32.2. The third-order valence-electron chi connectivity index (χ3n) is 1.77. The Balaban J connectivity index is 2.71. The molecular formula is C8H12N2O3S2. The second-order valence-electron chi connectivity index (χ2n) is 2.86. The monoisotopic (exact) mass is 248 g/mol. The maximum atomic E-state index is 11.4. The summed E-state index contributed by atoms with van der Waals surface area (Å²) in [5, 5.41) is 1.77. The Hall–Kier alpha value is -0.920. The fourth-order valence-electron chi connectivity index (χ4n) is 0.886. The first kappa shape index (κ1) is 12.2. The van der Waals surface area contributed by atoms with E-state index >= 15 is 0 Å². The average molecular weight is 248 g/mol. The molecule has 0 aliphatic rings.